The van der Waals surface area contributed by atoms with Gasteiger partial charge in [-0.3, -0.25) is 4.79 Å². The second-order valence-electron chi connectivity index (χ2n) is 7.63. The molecule has 1 aliphatic heterocycles. The van der Waals surface area contributed by atoms with Crippen molar-refractivity contribution < 1.29 is 4.79 Å². The zero-order valence-corrected chi connectivity index (χ0v) is 18.4. The van der Waals surface area contributed by atoms with E-state index in [1.165, 1.54) is 27.1 Å². The van der Waals surface area contributed by atoms with Crippen molar-refractivity contribution >= 4 is 29.1 Å². The highest BCUT2D eigenvalue weighted by Crippen LogP contribution is 2.42. The first kappa shape index (κ1) is 20.3. The minimum atomic E-state index is -0.0451. The average Bonchev–Trinajstić information content (AvgIpc) is 2.90. The van der Waals surface area contributed by atoms with Crippen molar-refractivity contribution in [2.24, 2.45) is 0 Å². The minimum Gasteiger partial charge on any atom is -0.354 e. The Kier molecular flexibility index (Phi) is 5.96. The Balaban J connectivity index is 1.49. The van der Waals surface area contributed by atoms with Crippen LogP contribution in [0, 0.1) is 13.8 Å². The highest BCUT2D eigenvalue weighted by Gasteiger charge is 2.18. The van der Waals surface area contributed by atoms with E-state index in [4.69, 9.17) is 0 Å². The fourth-order valence-corrected chi connectivity index (χ4v) is 4.54. The number of fused-ring (bicyclic) bond motifs is 2. The highest BCUT2D eigenvalue weighted by molar-refractivity contribution is 7.99. The van der Waals surface area contributed by atoms with Gasteiger partial charge in [0.15, 0.2) is 0 Å². The van der Waals surface area contributed by atoms with E-state index in [0.29, 0.717) is 12.1 Å². The lowest BCUT2D eigenvalue weighted by Crippen LogP contribution is -2.25. The molecule has 4 rings (SSSR count). The maximum atomic E-state index is 12.7. The average molecular weight is 415 g/mol. The van der Waals surface area contributed by atoms with Crippen molar-refractivity contribution in [3.63, 3.8) is 0 Å². The van der Waals surface area contributed by atoms with Gasteiger partial charge >= 0.3 is 0 Å². The third-order valence-electron chi connectivity index (χ3n) is 5.26. The molecule has 0 aromatic heterocycles. The summed E-state index contributed by atoms with van der Waals surface area (Å²) in [5, 5.41) is 6.58. The Morgan fingerprint density at radius 2 is 1.70 bits per heavy atom. The number of hydrogen-bond acceptors (Lipinski definition) is 3. The van der Waals surface area contributed by atoms with Crippen LogP contribution < -0.4 is 10.6 Å². The van der Waals surface area contributed by atoms with Crippen LogP contribution in [0.2, 0.25) is 0 Å². The van der Waals surface area contributed by atoms with E-state index in [0.717, 1.165) is 22.7 Å². The number of carbonyl (C=O) groups is 1. The van der Waals surface area contributed by atoms with Gasteiger partial charge in [-0.1, -0.05) is 59.3 Å². The van der Waals surface area contributed by atoms with Gasteiger partial charge in [-0.2, -0.15) is 0 Å². The Morgan fingerprint density at radius 3 is 2.47 bits per heavy atom. The second kappa shape index (κ2) is 8.80. The molecule has 3 nitrogen and oxygen atoms in total. The van der Waals surface area contributed by atoms with Crippen LogP contribution in [-0.2, 0) is 6.42 Å². The zero-order chi connectivity index (χ0) is 21.1. The predicted octanol–water partition coefficient (Wildman–Crippen LogP) is 6.21. The summed E-state index contributed by atoms with van der Waals surface area (Å²) in [5.41, 5.74) is 7.61. The maximum absolute atomic E-state index is 12.7. The molecule has 152 valence electrons. The standard InChI is InChI=1S/C26H26N2OS/c1-4-22-21-15-18(3)7-11-24(21)30-25-12-10-20(16-23(25)28-22)26(29)27-14-13-19-8-5-17(2)6-9-19/h4-12,15-16,28H,13-14H2,1-3H3,(H,27,29). The quantitative estimate of drug-likeness (QED) is 0.533. The Hall–Kier alpha value is -2.98. The molecule has 0 fully saturated rings. The van der Waals surface area contributed by atoms with Gasteiger partial charge in [-0.15, -0.1) is 0 Å². The molecule has 4 heteroatoms. The molecule has 1 heterocycles. The molecule has 3 aromatic carbocycles. The van der Waals surface area contributed by atoms with Gasteiger partial charge < -0.3 is 10.6 Å². The largest absolute Gasteiger partial charge is 0.354 e. The molecular formula is C26H26N2OS. The number of carbonyl (C=O) groups excluding carboxylic acids is 1. The minimum absolute atomic E-state index is 0.0451. The number of benzene rings is 3. The number of anilines is 1. The smallest absolute Gasteiger partial charge is 0.251 e. The van der Waals surface area contributed by atoms with Crippen LogP contribution in [0.4, 0.5) is 5.69 Å². The number of amides is 1. The molecule has 0 aliphatic carbocycles. The molecule has 2 N–H and O–H groups in total. The van der Waals surface area contributed by atoms with E-state index in [1.54, 1.807) is 11.8 Å². The Morgan fingerprint density at radius 1 is 0.967 bits per heavy atom. The molecule has 0 saturated heterocycles. The maximum Gasteiger partial charge on any atom is 0.251 e. The van der Waals surface area contributed by atoms with Gasteiger partial charge in [0.1, 0.15) is 0 Å². The van der Waals surface area contributed by atoms with Gasteiger partial charge in [-0.05, 0) is 63.1 Å². The van der Waals surface area contributed by atoms with Crippen LogP contribution >= 0.6 is 11.8 Å². The summed E-state index contributed by atoms with van der Waals surface area (Å²) < 4.78 is 0. The van der Waals surface area contributed by atoms with Crippen LogP contribution in [0.1, 0.15) is 39.5 Å². The SMILES string of the molecule is CC=C1Nc2cc(C(=O)NCCc3ccc(C)cc3)ccc2Sc2ccc(C)cc21. The van der Waals surface area contributed by atoms with E-state index in [2.05, 4.69) is 73.0 Å². The Bertz CT molecular complexity index is 1120. The molecule has 0 atom stereocenters. The highest BCUT2D eigenvalue weighted by atomic mass is 32.2. The van der Waals surface area contributed by atoms with Crippen LogP contribution in [0.3, 0.4) is 0 Å². The van der Waals surface area contributed by atoms with Crippen LogP contribution in [0.15, 0.2) is 76.5 Å². The molecule has 0 spiro atoms. The lowest BCUT2D eigenvalue weighted by Gasteiger charge is -2.12. The second-order valence-corrected chi connectivity index (χ2v) is 8.72. The van der Waals surface area contributed by atoms with Crippen molar-refractivity contribution in [3.8, 4) is 0 Å². The van der Waals surface area contributed by atoms with Gasteiger partial charge in [0.2, 0.25) is 0 Å². The summed E-state index contributed by atoms with van der Waals surface area (Å²) in [5.74, 6) is -0.0451. The normalized spacial score (nSPS) is 13.8. The Labute approximate surface area is 182 Å². The van der Waals surface area contributed by atoms with Gasteiger partial charge in [0.05, 0.1) is 5.69 Å². The van der Waals surface area contributed by atoms with Crippen molar-refractivity contribution in [1.82, 2.24) is 5.32 Å². The third-order valence-corrected chi connectivity index (χ3v) is 6.42. The van der Waals surface area contributed by atoms with E-state index in [-0.39, 0.29) is 5.91 Å². The monoisotopic (exact) mass is 414 g/mol. The van der Waals surface area contributed by atoms with Crippen molar-refractivity contribution in [2.75, 3.05) is 11.9 Å². The van der Waals surface area contributed by atoms with E-state index in [9.17, 15) is 4.79 Å². The van der Waals surface area contributed by atoms with Crippen LogP contribution in [0.5, 0.6) is 0 Å². The molecule has 0 saturated carbocycles. The predicted molar refractivity (Wildman–Crippen MR) is 126 cm³/mol. The molecule has 1 aliphatic rings. The lowest BCUT2D eigenvalue weighted by atomic mass is 10.1. The summed E-state index contributed by atoms with van der Waals surface area (Å²) in [6, 6.07) is 20.8. The first-order valence-electron chi connectivity index (χ1n) is 10.2. The summed E-state index contributed by atoms with van der Waals surface area (Å²) in [6.45, 7) is 6.84. The molecule has 0 bridgehead atoms. The third kappa shape index (κ3) is 4.44. The number of rotatable bonds is 4. The first-order chi connectivity index (χ1) is 14.5. The number of hydrogen-bond donors (Lipinski definition) is 2. The number of allylic oxidation sites excluding steroid dienone is 1. The van der Waals surface area contributed by atoms with E-state index < -0.39 is 0 Å². The molecule has 1 amide bonds. The summed E-state index contributed by atoms with van der Waals surface area (Å²) in [7, 11) is 0. The number of nitrogens with one attached hydrogen (secondary N) is 2. The van der Waals surface area contributed by atoms with Gasteiger partial charge in [-0.25, -0.2) is 0 Å². The van der Waals surface area contributed by atoms with Crippen molar-refractivity contribution in [2.45, 2.75) is 37.0 Å². The number of aryl methyl sites for hydroxylation is 2. The van der Waals surface area contributed by atoms with Crippen molar-refractivity contribution in [3.05, 3.63) is 94.6 Å². The summed E-state index contributed by atoms with van der Waals surface area (Å²) >= 11 is 1.73. The van der Waals surface area contributed by atoms with Crippen LogP contribution in [0.25, 0.3) is 5.70 Å². The zero-order valence-electron chi connectivity index (χ0n) is 17.6. The van der Waals surface area contributed by atoms with Gasteiger partial charge in [0, 0.05) is 33.2 Å². The van der Waals surface area contributed by atoms with E-state index in [1.807, 2.05) is 25.1 Å². The molecular weight excluding hydrogens is 388 g/mol. The lowest BCUT2D eigenvalue weighted by molar-refractivity contribution is 0.0954. The van der Waals surface area contributed by atoms with E-state index >= 15 is 0 Å². The first-order valence-corrected chi connectivity index (χ1v) is 11.0. The molecule has 3 aromatic rings. The topological polar surface area (TPSA) is 41.1 Å². The summed E-state index contributed by atoms with van der Waals surface area (Å²) in [4.78, 5) is 15.1. The molecule has 0 radical (unpaired) electrons. The van der Waals surface area contributed by atoms with Crippen LogP contribution in [-0.4, -0.2) is 12.5 Å². The summed E-state index contributed by atoms with van der Waals surface area (Å²) in [6.07, 6.45) is 2.91. The molecule has 30 heavy (non-hydrogen) atoms. The van der Waals surface area contributed by atoms with Crippen molar-refractivity contribution in [1.29, 1.82) is 0 Å². The fourth-order valence-electron chi connectivity index (χ4n) is 3.54. The fraction of sp³-hybridized carbons (Fsp3) is 0.192. The molecule has 0 unspecified atom stereocenters. The van der Waals surface area contributed by atoms with Gasteiger partial charge in [0.25, 0.3) is 5.91 Å².